The molecule has 18 heavy (non-hydrogen) atoms. The third kappa shape index (κ3) is 3.10. The van der Waals surface area contributed by atoms with Crippen molar-refractivity contribution in [3.05, 3.63) is 35.4 Å². The molecule has 1 atom stereocenters. The summed E-state index contributed by atoms with van der Waals surface area (Å²) in [5, 5.41) is 0. The van der Waals surface area contributed by atoms with E-state index in [4.69, 9.17) is 10.5 Å². The van der Waals surface area contributed by atoms with Crippen LogP contribution >= 0.6 is 0 Å². The first-order chi connectivity index (χ1) is 8.86. The Morgan fingerprint density at radius 3 is 3.00 bits per heavy atom. The standard InChI is InChI=1S/C15H24N2O/c1-2-18-11-5-9-17-10-8-13-6-3-4-7-14(13)15(17)12-16/h3-4,6-7,15H,2,5,8-12,16H2,1H3. The molecule has 0 radical (unpaired) electrons. The van der Waals surface area contributed by atoms with Gasteiger partial charge in [0.05, 0.1) is 0 Å². The minimum absolute atomic E-state index is 0.386. The molecule has 0 amide bonds. The Morgan fingerprint density at radius 2 is 2.22 bits per heavy atom. The smallest absolute Gasteiger partial charge is 0.0478 e. The van der Waals surface area contributed by atoms with E-state index >= 15 is 0 Å². The molecule has 0 aromatic heterocycles. The average Bonchev–Trinajstić information content (AvgIpc) is 2.43. The van der Waals surface area contributed by atoms with E-state index in [9.17, 15) is 0 Å². The predicted molar refractivity (Wildman–Crippen MR) is 74.6 cm³/mol. The summed E-state index contributed by atoms with van der Waals surface area (Å²) in [5.74, 6) is 0. The van der Waals surface area contributed by atoms with E-state index in [1.807, 2.05) is 6.92 Å². The van der Waals surface area contributed by atoms with Crippen LogP contribution < -0.4 is 5.73 Å². The SMILES string of the molecule is CCOCCCN1CCc2ccccc2C1CN. The van der Waals surface area contributed by atoms with Gasteiger partial charge in [-0.15, -0.1) is 0 Å². The van der Waals surface area contributed by atoms with Crippen molar-refractivity contribution in [2.45, 2.75) is 25.8 Å². The van der Waals surface area contributed by atoms with Crippen molar-refractivity contribution < 1.29 is 4.74 Å². The van der Waals surface area contributed by atoms with Crippen molar-refractivity contribution in [3.8, 4) is 0 Å². The van der Waals surface area contributed by atoms with Crippen molar-refractivity contribution in [2.24, 2.45) is 5.73 Å². The summed E-state index contributed by atoms with van der Waals surface area (Å²) < 4.78 is 5.40. The molecule has 0 bridgehead atoms. The Bertz CT molecular complexity index is 367. The first-order valence-electron chi connectivity index (χ1n) is 6.96. The van der Waals surface area contributed by atoms with Gasteiger partial charge in [0.25, 0.3) is 0 Å². The molecular weight excluding hydrogens is 224 g/mol. The monoisotopic (exact) mass is 248 g/mol. The van der Waals surface area contributed by atoms with Crippen molar-refractivity contribution >= 4 is 0 Å². The molecular formula is C15H24N2O. The van der Waals surface area contributed by atoms with E-state index in [2.05, 4.69) is 29.2 Å². The molecule has 0 aliphatic carbocycles. The summed E-state index contributed by atoms with van der Waals surface area (Å²) in [4.78, 5) is 2.50. The second-order valence-corrected chi connectivity index (χ2v) is 4.79. The number of benzene rings is 1. The van der Waals surface area contributed by atoms with Gasteiger partial charge in [0, 0.05) is 38.9 Å². The Balaban J connectivity index is 1.97. The molecule has 1 aromatic carbocycles. The van der Waals surface area contributed by atoms with Crippen LogP contribution in [0.5, 0.6) is 0 Å². The summed E-state index contributed by atoms with van der Waals surface area (Å²) in [6, 6.07) is 9.08. The highest BCUT2D eigenvalue weighted by atomic mass is 16.5. The largest absolute Gasteiger partial charge is 0.382 e. The van der Waals surface area contributed by atoms with Crippen molar-refractivity contribution in [1.82, 2.24) is 4.90 Å². The van der Waals surface area contributed by atoms with Gasteiger partial charge < -0.3 is 10.5 Å². The van der Waals surface area contributed by atoms with Gasteiger partial charge in [0.1, 0.15) is 0 Å². The topological polar surface area (TPSA) is 38.5 Å². The molecule has 3 nitrogen and oxygen atoms in total. The van der Waals surface area contributed by atoms with Crippen molar-refractivity contribution in [2.75, 3.05) is 32.8 Å². The molecule has 3 heteroatoms. The van der Waals surface area contributed by atoms with Gasteiger partial charge in [-0.3, -0.25) is 4.90 Å². The summed E-state index contributed by atoms with van der Waals surface area (Å²) in [5.41, 5.74) is 8.85. The Kier molecular flexibility index (Phi) is 5.17. The highest BCUT2D eigenvalue weighted by Crippen LogP contribution is 2.28. The minimum Gasteiger partial charge on any atom is -0.382 e. The van der Waals surface area contributed by atoms with Crippen LogP contribution in [0.15, 0.2) is 24.3 Å². The van der Waals surface area contributed by atoms with Crippen LogP contribution in [-0.4, -0.2) is 37.7 Å². The van der Waals surface area contributed by atoms with Crippen LogP contribution in [0.25, 0.3) is 0 Å². The van der Waals surface area contributed by atoms with Crippen LogP contribution in [0.3, 0.4) is 0 Å². The van der Waals surface area contributed by atoms with Crippen LogP contribution in [0.4, 0.5) is 0 Å². The van der Waals surface area contributed by atoms with Gasteiger partial charge in [0.15, 0.2) is 0 Å². The Hall–Kier alpha value is -0.900. The molecule has 0 spiro atoms. The molecule has 1 aliphatic heterocycles. The number of nitrogens with zero attached hydrogens (tertiary/aromatic N) is 1. The number of fused-ring (bicyclic) bond motifs is 1. The molecule has 2 rings (SSSR count). The fourth-order valence-corrected chi connectivity index (χ4v) is 2.76. The first kappa shape index (κ1) is 13.5. The zero-order valence-electron chi connectivity index (χ0n) is 11.3. The van der Waals surface area contributed by atoms with Gasteiger partial charge in [-0.1, -0.05) is 24.3 Å². The van der Waals surface area contributed by atoms with Crippen LogP contribution in [0.1, 0.15) is 30.5 Å². The maximum Gasteiger partial charge on any atom is 0.0478 e. The van der Waals surface area contributed by atoms with Gasteiger partial charge in [0.2, 0.25) is 0 Å². The van der Waals surface area contributed by atoms with Gasteiger partial charge in [-0.05, 0) is 30.9 Å². The second kappa shape index (κ2) is 6.88. The maximum absolute atomic E-state index is 5.97. The lowest BCUT2D eigenvalue weighted by molar-refractivity contribution is 0.118. The third-order valence-electron chi connectivity index (χ3n) is 3.68. The lowest BCUT2D eigenvalue weighted by atomic mass is 9.92. The normalized spacial score (nSPS) is 19.8. The lowest BCUT2D eigenvalue weighted by Crippen LogP contribution is -2.40. The highest BCUT2D eigenvalue weighted by molar-refractivity contribution is 5.32. The van der Waals surface area contributed by atoms with E-state index in [1.165, 1.54) is 11.1 Å². The maximum atomic E-state index is 5.97. The molecule has 1 aromatic rings. The minimum atomic E-state index is 0.386. The molecule has 0 saturated carbocycles. The number of hydrogen-bond donors (Lipinski definition) is 1. The molecule has 1 heterocycles. The van der Waals surface area contributed by atoms with E-state index in [0.717, 1.165) is 39.1 Å². The van der Waals surface area contributed by atoms with E-state index in [-0.39, 0.29) is 0 Å². The summed E-state index contributed by atoms with van der Waals surface area (Å²) in [7, 11) is 0. The molecule has 1 aliphatic rings. The van der Waals surface area contributed by atoms with Crippen molar-refractivity contribution in [1.29, 1.82) is 0 Å². The lowest BCUT2D eigenvalue weighted by Gasteiger charge is -2.36. The van der Waals surface area contributed by atoms with Gasteiger partial charge in [-0.2, -0.15) is 0 Å². The zero-order valence-corrected chi connectivity index (χ0v) is 11.3. The van der Waals surface area contributed by atoms with Crippen LogP contribution in [0.2, 0.25) is 0 Å². The second-order valence-electron chi connectivity index (χ2n) is 4.79. The average molecular weight is 248 g/mol. The van der Waals surface area contributed by atoms with Crippen LogP contribution in [0, 0.1) is 0 Å². The zero-order chi connectivity index (χ0) is 12.8. The number of rotatable bonds is 6. The van der Waals surface area contributed by atoms with Crippen molar-refractivity contribution in [3.63, 3.8) is 0 Å². The molecule has 0 saturated heterocycles. The fourth-order valence-electron chi connectivity index (χ4n) is 2.76. The van der Waals surface area contributed by atoms with E-state index < -0.39 is 0 Å². The quantitative estimate of drug-likeness (QED) is 0.782. The number of nitrogens with two attached hydrogens (primary N) is 1. The first-order valence-corrected chi connectivity index (χ1v) is 6.96. The third-order valence-corrected chi connectivity index (χ3v) is 3.68. The predicted octanol–water partition coefficient (Wildman–Crippen LogP) is 1.97. The van der Waals surface area contributed by atoms with E-state index in [0.29, 0.717) is 12.6 Å². The van der Waals surface area contributed by atoms with Crippen LogP contribution in [-0.2, 0) is 11.2 Å². The number of hydrogen-bond acceptors (Lipinski definition) is 3. The van der Waals surface area contributed by atoms with E-state index in [1.54, 1.807) is 0 Å². The van der Waals surface area contributed by atoms with Gasteiger partial charge >= 0.3 is 0 Å². The summed E-state index contributed by atoms with van der Waals surface area (Å²) in [6.45, 7) is 6.60. The Labute approximate surface area is 110 Å². The summed E-state index contributed by atoms with van der Waals surface area (Å²) in [6.07, 6.45) is 2.23. The Morgan fingerprint density at radius 1 is 1.39 bits per heavy atom. The molecule has 2 N–H and O–H groups in total. The molecule has 1 unspecified atom stereocenters. The molecule has 100 valence electrons. The molecule has 0 fully saturated rings. The highest BCUT2D eigenvalue weighted by Gasteiger charge is 2.25. The summed E-state index contributed by atoms with van der Waals surface area (Å²) >= 11 is 0. The van der Waals surface area contributed by atoms with Gasteiger partial charge in [-0.25, -0.2) is 0 Å². The fraction of sp³-hybridized carbons (Fsp3) is 0.600. The number of ether oxygens (including phenoxy) is 1.